The molecule has 0 bridgehead atoms. The first kappa shape index (κ1) is 9.30. The van der Waals surface area contributed by atoms with Crippen LogP contribution >= 0.6 is 0 Å². The van der Waals surface area contributed by atoms with E-state index in [0.29, 0.717) is 24.7 Å². The Bertz CT molecular complexity index is 192. The van der Waals surface area contributed by atoms with Crippen molar-refractivity contribution in [2.24, 2.45) is 5.92 Å². The summed E-state index contributed by atoms with van der Waals surface area (Å²) in [5.41, 5.74) is 0. The Hall–Kier alpha value is -0.790. The van der Waals surface area contributed by atoms with E-state index in [1.54, 1.807) is 0 Å². The molecule has 68 valence electrons. The Labute approximate surface area is 73.6 Å². The van der Waals surface area contributed by atoms with Crippen LogP contribution < -0.4 is 0 Å². The number of Topliss-reactive ketones (excluding diaryl/α,β-unsaturated/α-hetero) is 1. The molecule has 0 aromatic heterocycles. The molecule has 0 saturated heterocycles. The van der Waals surface area contributed by atoms with E-state index in [1.807, 2.05) is 6.08 Å². The zero-order chi connectivity index (χ0) is 8.97. The molecule has 0 atom stereocenters. The second kappa shape index (κ2) is 4.29. The molecular formula is C10H16O2. The second-order valence-electron chi connectivity index (χ2n) is 3.56. The molecule has 2 heteroatoms. The molecule has 1 rings (SSSR count). The quantitative estimate of drug-likeness (QED) is 0.643. The fourth-order valence-corrected chi connectivity index (χ4v) is 1.16. The third-order valence-corrected chi connectivity index (χ3v) is 1.93. The average molecular weight is 168 g/mol. The van der Waals surface area contributed by atoms with E-state index < -0.39 is 0 Å². The van der Waals surface area contributed by atoms with E-state index in [4.69, 9.17) is 4.74 Å². The lowest BCUT2D eigenvalue weighted by atomic mass is 10.1. The molecule has 0 aromatic carbocycles. The zero-order valence-corrected chi connectivity index (χ0v) is 7.80. The highest BCUT2D eigenvalue weighted by molar-refractivity contribution is 5.93. The van der Waals surface area contributed by atoms with Crippen LogP contribution in [0, 0.1) is 5.92 Å². The molecule has 0 N–H and O–H groups in total. The number of hydrogen-bond donors (Lipinski definition) is 0. The van der Waals surface area contributed by atoms with Crippen molar-refractivity contribution in [2.45, 2.75) is 33.1 Å². The van der Waals surface area contributed by atoms with Crippen molar-refractivity contribution in [2.75, 3.05) is 6.61 Å². The maximum Gasteiger partial charge on any atom is 0.197 e. The van der Waals surface area contributed by atoms with Crippen LogP contribution in [0.1, 0.15) is 33.1 Å². The summed E-state index contributed by atoms with van der Waals surface area (Å²) < 4.78 is 5.16. The lowest BCUT2D eigenvalue weighted by molar-refractivity contribution is -0.118. The number of hydrogen-bond acceptors (Lipinski definition) is 2. The molecule has 1 aliphatic heterocycles. The Kier molecular flexibility index (Phi) is 3.32. The smallest absolute Gasteiger partial charge is 0.197 e. The maximum absolute atomic E-state index is 11.4. The van der Waals surface area contributed by atoms with Crippen molar-refractivity contribution in [3.8, 4) is 0 Å². The summed E-state index contributed by atoms with van der Waals surface area (Å²) in [6.07, 6.45) is 4.37. The Balaban J connectivity index is 2.28. The van der Waals surface area contributed by atoms with Gasteiger partial charge in [-0.25, -0.2) is 0 Å². The van der Waals surface area contributed by atoms with Gasteiger partial charge in [0.25, 0.3) is 0 Å². The Morgan fingerprint density at radius 1 is 1.67 bits per heavy atom. The van der Waals surface area contributed by atoms with Gasteiger partial charge in [-0.3, -0.25) is 4.79 Å². The molecule has 1 heterocycles. The van der Waals surface area contributed by atoms with Crippen molar-refractivity contribution >= 4 is 5.78 Å². The summed E-state index contributed by atoms with van der Waals surface area (Å²) in [7, 11) is 0. The zero-order valence-electron chi connectivity index (χ0n) is 7.80. The SMILES string of the molecule is CC(C)CCC(=O)C1=CCCO1. The summed E-state index contributed by atoms with van der Waals surface area (Å²) in [4.78, 5) is 11.4. The average Bonchev–Trinajstić information content (AvgIpc) is 2.51. The first-order valence-corrected chi connectivity index (χ1v) is 4.56. The fraction of sp³-hybridized carbons (Fsp3) is 0.700. The molecule has 2 nitrogen and oxygen atoms in total. The minimum Gasteiger partial charge on any atom is -0.490 e. The molecular weight excluding hydrogens is 152 g/mol. The predicted octanol–water partition coefficient (Wildman–Crippen LogP) is 2.30. The highest BCUT2D eigenvalue weighted by atomic mass is 16.5. The van der Waals surface area contributed by atoms with Gasteiger partial charge >= 0.3 is 0 Å². The van der Waals surface area contributed by atoms with Crippen molar-refractivity contribution in [1.82, 2.24) is 0 Å². The number of ketones is 1. The normalized spacial score (nSPS) is 16.1. The molecule has 0 unspecified atom stereocenters. The van der Waals surface area contributed by atoms with E-state index in [0.717, 1.165) is 12.8 Å². The van der Waals surface area contributed by atoms with E-state index in [9.17, 15) is 4.79 Å². The van der Waals surface area contributed by atoms with Crippen LogP contribution in [0.4, 0.5) is 0 Å². The van der Waals surface area contributed by atoms with Crippen molar-refractivity contribution in [1.29, 1.82) is 0 Å². The summed E-state index contributed by atoms with van der Waals surface area (Å²) in [5.74, 6) is 1.35. The second-order valence-corrected chi connectivity index (χ2v) is 3.56. The van der Waals surface area contributed by atoms with E-state index in [1.165, 1.54) is 0 Å². The van der Waals surface area contributed by atoms with Gasteiger partial charge in [-0.1, -0.05) is 13.8 Å². The van der Waals surface area contributed by atoms with Crippen molar-refractivity contribution in [3.63, 3.8) is 0 Å². The molecule has 12 heavy (non-hydrogen) atoms. The largest absolute Gasteiger partial charge is 0.490 e. The third kappa shape index (κ3) is 2.68. The molecule has 0 aliphatic carbocycles. The number of allylic oxidation sites excluding steroid dienone is 1. The molecule has 0 amide bonds. The molecule has 0 spiro atoms. The molecule has 0 aromatic rings. The van der Waals surface area contributed by atoms with Gasteiger partial charge in [0.1, 0.15) is 0 Å². The minimum atomic E-state index is 0.168. The highest BCUT2D eigenvalue weighted by Gasteiger charge is 2.14. The topological polar surface area (TPSA) is 26.3 Å². The number of rotatable bonds is 4. The van der Waals surface area contributed by atoms with Gasteiger partial charge in [0, 0.05) is 12.8 Å². The highest BCUT2D eigenvalue weighted by Crippen LogP contribution is 2.14. The molecule has 0 radical (unpaired) electrons. The summed E-state index contributed by atoms with van der Waals surface area (Å²) >= 11 is 0. The van der Waals surface area contributed by atoms with Crippen molar-refractivity contribution in [3.05, 3.63) is 11.8 Å². The monoisotopic (exact) mass is 168 g/mol. The van der Waals surface area contributed by atoms with Gasteiger partial charge in [0.05, 0.1) is 6.61 Å². The third-order valence-electron chi connectivity index (χ3n) is 1.93. The van der Waals surface area contributed by atoms with E-state index >= 15 is 0 Å². The summed E-state index contributed by atoms with van der Waals surface area (Å²) in [6.45, 7) is 4.93. The van der Waals surface area contributed by atoms with Crippen LogP contribution in [0.15, 0.2) is 11.8 Å². The van der Waals surface area contributed by atoms with Crippen LogP contribution in [-0.4, -0.2) is 12.4 Å². The van der Waals surface area contributed by atoms with Crippen molar-refractivity contribution < 1.29 is 9.53 Å². The van der Waals surface area contributed by atoms with Gasteiger partial charge in [-0.15, -0.1) is 0 Å². The molecule has 1 aliphatic rings. The fourth-order valence-electron chi connectivity index (χ4n) is 1.16. The van der Waals surface area contributed by atoms with Gasteiger partial charge in [0.15, 0.2) is 11.5 Å². The van der Waals surface area contributed by atoms with Gasteiger partial charge in [-0.2, -0.15) is 0 Å². The van der Waals surface area contributed by atoms with Crippen LogP contribution in [0.3, 0.4) is 0 Å². The summed E-state index contributed by atoms with van der Waals surface area (Å²) in [5, 5.41) is 0. The lowest BCUT2D eigenvalue weighted by Crippen LogP contribution is -2.04. The van der Waals surface area contributed by atoms with Gasteiger partial charge in [-0.05, 0) is 18.4 Å². The lowest BCUT2D eigenvalue weighted by Gasteiger charge is -2.04. The first-order chi connectivity index (χ1) is 5.70. The maximum atomic E-state index is 11.4. The molecule has 0 saturated carbocycles. The van der Waals surface area contributed by atoms with Crippen LogP contribution in [0.25, 0.3) is 0 Å². The van der Waals surface area contributed by atoms with E-state index in [-0.39, 0.29) is 5.78 Å². The standard InChI is InChI=1S/C10H16O2/c1-8(2)5-6-9(11)10-4-3-7-12-10/h4,8H,3,5-7H2,1-2H3. The van der Waals surface area contributed by atoms with Crippen LogP contribution in [-0.2, 0) is 9.53 Å². The first-order valence-electron chi connectivity index (χ1n) is 4.56. The summed E-state index contributed by atoms with van der Waals surface area (Å²) in [6, 6.07) is 0. The number of ether oxygens (including phenoxy) is 1. The van der Waals surface area contributed by atoms with Gasteiger partial charge < -0.3 is 4.74 Å². The predicted molar refractivity (Wildman–Crippen MR) is 47.7 cm³/mol. The Morgan fingerprint density at radius 2 is 2.42 bits per heavy atom. The van der Waals surface area contributed by atoms with E-state index in [2.05, 4.69) is 13.8 Å². The van der Waals surface area contributed by atoms with Gasteiger partial charge in [0.2, 0.25) is 0 Å². The number of carbonyl (C=O) groups excluding carboxylic acids is 1. The van der Waals surface area contributed by atoms with Crippen LogP contribution in [0.2, 0.25) is 0 Å². The molecule has 0 fully saturated rings. The number of carbonyl (C=O) groups is 1. The Morgan fingerprint density at radius 3 is 2.92 bits per heavy atom. The minimum absolute atomic E-state index is 0.168. The van der Waals surface area contributed by atoms with Crippen LogP contribution in [0.5, 0.6) is 0 Å².